The fourth-order valence-electron chi connectivity index (χ4n) is 1.81. The number of benzene rings is 1. The number of carboxylic acids is 1. The Bertz CT molecular complexity index is 532. The Morgan fingerprint density at radius 2 is 1.91 bits per heavy atom. The summed E-state index contributed by atoms with van der Waals surface area (Å²) in [6.07, 6.45) is -5.47. The van der Waals surface area contributed by atoms with Crippen molar-refractivity contribution in [2.45, 2.75) is 37.9 Å². The van der Waals surface area contributed by atoms with Crippen LogP contribution in [0.2, 0.25) is 0 Å². The lowest BCUT2D eigenvalue weighted by Gasteiger charge is -2.24. The van der Waals surface area contributed by atoms with E-state index in [2.05, 4.69) is 0 Å². The minimum absolute atomic E-state index is 0.214. The number of carbonyl (C=O) groups is 2. The van der Waals surface area contributed by atoms with Gasteiger partial charge in [-0.3, -0.25) is 0 Å². The van der Waals surface area contributed by atoms with Crippen molar-refractivity contribution in [1.82, 2.24) is 0 Å². The third-order valence-electron chi connectivity index (χ3n) is 2.98. The Morgan fingerprint density at radius 1 is 1.27 bits per heavy atom. The molecule has 0 saturated heterocycles. The molecule has 0 spiro atoms. The number of nitrogens with two attached hydrogens (primary N) is 1. The Hall–Kier alpha value is -2.00. The predicted octanol–water partition coefficient (Wildman–Crippen LogP) is -1.08. The SMILES string of the molecule is CC(N)C(OC(=O)C(O)C(O)C(=O)O)c1cccc(CO)c1. The molecule has 0 aliphatic rings. The summed E-state index contributed by atoms with van der Waals surface area (Å²) in [4.78, 5) is 22.3. The molecule has 1 aromatic carbocycles. The molecule has 0 aromatic heterocycles. The molecule has 6 N–H and O–H groups in total. The molecule has 8 nitrogen and oxygen atoms in total. The van der Waals surface area contributed by atoms with Crippen molar-refractivity contribution >= 4 is 11.9 Å². The molecule has 0 amide bonds. The lowest BCUT2D eigenvalue weighted by molar-refractivity contribution is -0.174. The van der Waals surface area contributed by atoms with Gasteiger partial charge in [0.2, 0.25) is 0 Å². The topological polar surface area (TPSA) is 150 Å². The van der Waals surface area contributed by atoms with E-state index in [-0.39, 0.29) is 6.61 Å². The van der Waals surface area contributed by atoms with Gasteiger partial charge in [-0.1, -0.05) is 18.2 Å². The average molecular weight is 313 g/mol. The van der Waals surface area contributed by atoms with Crippen LogP contribution in [-0.4, -0.2) is 50.6 Å². The number of carboxylic acid groups (broad SMARTS) is 1. The number of aliphatic hydroxyl groups is 3. The fourth-order valence-corrected chi connectivity index (χ4v) is 1.81. The van der Waals surface area contributed by atoms with Crippen LogP contribution in [0.5, 0.6) is 0 Å². The van der Waals surface area contributed by atoms with Crippen molar-refractivity contribution in [2.75, 3.05) is 0 Å². The van der Waals surface area contributed by atoms with Gasteiger partial charge in [-0.05, 0) is 24.1 Å². The first-order valence-corrected chi connectivity index (χ1v) is 6.52. The number of rotatable bonds is 7. The minimum atomic E-state index is -2.29. The molecule has 4 atom stereocenters. The maximum atomic E-state index is 11.7. The first kappa shape index (κ1) is 18.1. The number of aliphatic hydroxyl groups excluding tert-OH is 3. The van der Waals surface area contributed by atoms with Gasteiger partial charge in [0.25, 0.3) is 0 Å². The fraction of sp³-hybridized carbons (Fsp3) is 0.429. The maximum Gasteiger partial charge on any atom is 0.339 e. The van der Waals surface area contributed by atoms with Gasteiger partial charge in [0, 0.05) is 6.04 Å². The molecule has 0 radical (unpaired) electrons. The Labute approximate surface area is 126 Å². The van der Waals surface area contributed by atoms with Crippen LogP contribution in [0.3, 0.4) is 0 Å². The van der Waals surface area contributed by atoms with Crippen molar-refractivity contribution in [1.29, 1.82) is 0 Å². The molecule has 0 saturated carbocycles. The molecule has 1 rings (SSSR count). The van der Waals surface area contributed by atoms with Crippen LogP contribution in [0.25, 0.3) is 0 Å². The van der Waals surface area contributed by atoms with Crippen LogP contribution in [0.15, 0.2) is 24.3 Å². The highest BCUT2D eigenvalue weighted by molar-refractivity contribution is 5.84. The van der Waals surface area contributed by atoms with Gasteiger partial charge < -0.3 is 30.9 Å². The van der Waals surface area contributed by atoms with Crippen molar-refractivity contribution < 1.29 is 34.8 Å². The van der Waals surface area contributed by atoms with Gasteiger partial charge in [-0.25, -0.2) is 9.59 Å². The van der Waals surface area contributed by atoms with E-state index in [9.17, 15) is 14.7 Å². The van der Waals surface area contributed by atoms with Crippen LogP contribution in [0.1, 0.15) is 24.2 Å². The molecule has 0 bridgehead atoms. The van der Waals surface area contributed by atoms with Gasteiger partial charge in [0.05, 0.1) is 6.61 Å². The van der Waals surface area contributed by atoms with Crippen molar-refractivity contribution in [2.24, 2.45) is 5.73 Å². The third-order valence-corrected chi connectivity index (χ3v) is 2.98. The van der Waals surface area contributed by atoms with Crippen molar-refractivity contribution in [3.05, 3.63) is 35.4 Å². The van der Waals surface area contributed by atoms with E-state index >= 15 is 0 Å². The molecular weight excluding hydrogens is 294 g/mol. The standard InChI is InChI=1S/C14H19NO7/c1-7(15)12(9-4-2-3-8(5-9)6-16)22-14(21)11(18)10(17)13(19)20/h2-5,7,10-12,16-18H,6,15H2,1H3,(H,19,20). The number of carbonyl (C=O) groups excluding carboxylic acids is 1. The van der Waals surface area contributed by atoms with Gasteiger partial charge >= 0.3 is 11.9 Å². The molecule has 0 aliphatic carbocycles. The van der Waals surface area contributed by atoms with Crippen LogP contribution >= 0.6 is 0 Å². The summed E-state index contributed by atoms with van der Waals surface area (Å²) in [5.41, 5.74) is 6.80. The molecular formula is C14H19NO7. The summed E-state index contributed by atoms with van der Waals surface area (Å²) in [7, 11) is 0. The zero-order valence-electron chi connectivity index (χ0n) is 11.9. The Kier molecular flexibility index (Phi) is 6.44. The second kappa shape index (κ2) is 7.85. The summed E-state index contributed by atoms with van der Waals surface area (Å²) < 4.78 is 5.01. The third kappa shape index (κ3) is 4.50. The molecule has 0 heterocycles. The maximum absolute atomic E-state index is 11.7. The highest BCUT2D eigenvalue weighted by Crippen LogP contribution is 2.22. The first-order chi connectivity index (χ1) is 10.3. The second-order valence-corrected chi connectivity index (χ2v) is 4.85. The summed E-state index contributed by atoms with van der Waals surface area (Å²) in [5, 5.41) is 36.3. The molecule has 4 unspecified atom stereocenters. The zero-order chi connectivity index (χ0) is 16.9. The number of hydrogen-bond acceptors (Lipinski definition) is 7. The highest BCUT2D eigenvalue weighted by Gasteiger charge is 2.34. The molecule has 1 aromatic rings. The van der Waals surface area contributed by atoms with Crippen molar-refractivity contribution in [3.8, 4) is 0 Å². The Balaban J connectivity index is 2.93. The molecule has 122 valence electrons. The number of aliphatic carboxylic acids is 1. The molecule has 0 fully saturated rings. The predicted molar refractivity (Wildman–Crippen MR) is 74.5 cm³/mol. The monoisotopic (exact) mass is 313 g/mol. The summed E-state index contributed by atoms with van der Waals surface area (Å²) in [5.74, 6) is -3.05. The van der Waals surface area contributed by atoms with E-state index in [1.807, 2.05) is 0 Å². The van der Waals surface area contributed by atoms with Gasteiger partial charge in [0.15, 0.2) is 12.2 Å². The van der Waals surface area contributed by atoms with E-state index < -0.39 is 36.3 Å². The average Bonchev–Trinajstić information content (AvgIpc) is 2.50. The smallest absolute Gasteiger partial charge is 0.339 e. The quantitative estimate of drug-likeness (QED) is 0.399. The summed E-state index contributed by atoms with van der Waals surface area (Å²) >= 11 is 0. The van der Waals surface area contributed by atoms with Crippen LogP contribution < -0.4 is 5.73 Å². The summed E-state index contributed by atoms with van der Waals surface area (Å²) in [6.45, 7) is 1.34. The van der Waals surface area contributed by atoms with E-state index in [4.69, 9.17) is 25.8 Å². The molecule has 8 heteroatoms. The van der Waals surface area contributed by atoms with Crippen LogP contribution in [0, 0.1) is 0 Å². The van der Waals surface area contributed by atoms with E-state index in [1.165, 1.54) is 0 Å². The van der Waals surface area contributed by atoms with Crippen LogP contribution in [0.4, 0.5) is 0 Å². The second-order valence-electron chi connectivity index (χ2n) is 4.85. The minimum Gasteiger partial charge on any atom is -0.479 e. The van der Waals surface area contributed by atoms with Gasteiger partial charge in [-0.15, -0.1) is 0 Å². The summed E-state index contributed by atoms with van der Waals surface area (Å²) in [6, 6.07) is 5.81. The normalized spacial score (nSPS) is 16.4. The number of hydrogen-bond donors (Lipinski definition) is 5. The number of esters is 1. The van der Waals surface area contributed by atoms with Crippen molar-refractivity contribution in [3.63, 3.8) is 0 Å². The van der Waals surface area contributed by atoms with E-state index in [1.54, 1.807) is 31.2 Å². The largest absolute Gasteiger partial charge is 0.479 e. The highest BCUT2D eigenvalue weighted by atomic mass is 16.6. The lowest BCUT2D eigenvalue weighted by Crippen LogP contribution is -2.42. The van der Waals surface area contributed by atoms with Crippen LogP contribution in [-0.2, 0) is 20.9 Å². The molecule has 0 aliphatic heterocycles. The lowest BCUT2D eigenvalue weighted by atomic mass is 10.0. The zero-order valence-corrected chi connectivity index (χ0v) is 11.9. The van der Waals surface area contributed by atoms with Gasteiger partial charge in [0.1, 0.15) is 6.10 Å². The van der Waals surface area contributed by atoms with Gasteiger partial charge in [-0.2, -0.15) is 0 Å². The van der Waals surface area contributed by atoms with E-state index in [0.717, 1.165) is 0 Å². The molecule has 22 heavy (non-hydrogen) atoms. The van der Waals surface area contributed by atoms with E-state index in [0.29, 0.717) is 11.1 Å². The number of ether oxygens (including phenoxy) is 1. The first-order valence-electron chi connectivity index (χ1n) is 6.52. The Morgan fingerprint density at radius 3 is 2.41 bits per heavy atom.